The Bertz CT molecular complexity index is 1300. The van der Waals surface area contributed by atoms with E-state index in [4.69, 9.17) is 9.47 Å². The highest BCUT2D eigenvalue weighted by Crippen LogP contribution is 2.36. The molecule has 0 saturated carbocycles. The van der Waals surface area contributed by atoms with Gasteiger partial charge in [-0.05, 0) is 49.4 Å². The fourth-order valence-electron chi connectivity index (χ4n) is 3.01. The third-order valence-electron chi connectivity index (χ3n) is 4.61. The predicted octanol–water partition coefficient (Wildman–Crippen LogP) is 2.80. The number of ether oxygens (including phenoxy) is 2. The average molecular weight is 489 g/mol. The smallest absolute Gasteiger partial charge is 0.244 e. The summed E-state index contributed by atoms with van der Waals surface area (Å²) in [6, 6.07) is 9.99. The molecule has 0 fully saturated rings. The molecule has 1 aliphatic rings. The number of fused-ring (bicyclic) bond motifs is 1. The summed E-state index contributed by atoms with van der Waals surface area (Å²) in [6.45, 7) is 2.96. The first-order valence-electron chi connectivity index (χ1n) is 9.78. The van der Waals surface area contributed by atoms with E-state index in [1.807, 2.05) is 6.07 Å². The van der Waals surface area contributed by atoms with Crippen molar-refractivity contribution >= 4 is 44.0 Å². The molecule has 33 heavy (non-hydrogen) atoms. The second-order valence-corrected chi connectivity index (χ2v) is 9.72. The van der Waals surface area contributed by atoms with Gasteiger partial charge in [-0.1, -0.05) is 0 Å². The Morgan fingerprint density at radius 1 is 1.06 bits per heavy atom. The first kappa shape index (κ1) is 22.7. The molecule has 0 saturated heterocycles. The Morgan fingerprint density at radius 3 is 2.52 bits per heavy atom. The predicted molar refractivity (Wildman–Crippen MR) is 123 cm³/mol. The van der Waals surface area contributed by atoms with Gasteiger partial charge in [-0.2, -0.15) is 4.72 Å². The van der Waals surface area contributed by atoms with Crippen LogP contribution in [-0.2, 0) is 19.6 Å². The lowest BCUT2D eigenvalue weighted by Gasteiger charge is -2.14. The molecule has 10 nitrogen and oxygen atoms in total. The van der Waals surface area contributed by atoms with Gasteiger partial charge in [0.15, 0.2) is 16.6 Å². The maximum atomic E-state index is 12.6. The first-order valence-corrected chi connectivity index (χ1v) is 12.1. The molecular weight excluding hydrogens is 468 g/mol. The van der Waals surface area contributed by atoms with Gasteiger partial charge in [0.05, 0.1) is 16.6 Å². The van der Waals surface area contributed by atoms with E-state index < -0.39 is 22.0 Å². The van der Waals surface area contributed by atoms with Crippen LogP contribution in [0, 0.1) is 0 Å². The molecule has 1 aliphatic heterocycles. The third-order valence-corrected chi connectivity index (χ3v) is 6.93. The van der Waals surface area contributed by atoms with Gasteiger partial charge in [0.2, 0.25) is 28.6 Å². The Hall–Kier alpha value is -3.48. The van der Waals surface area contributed by atoms with Crippen LogP contribution in [-0.4, -0.2) is 38.1 Å². The van der Waals surface area contributed by atoms with Gasteiger partial charge in [0, 0.05) is 23.6 Å². The minimum absolute atomic E-state index is 0.0319. The first-order chi connectivity index (χ1) is 15.7. The molecule has 3 N–H and O–H groups in total. The highest BCUT2D eigenvalue weighted by molar-refractivity contribution is 7.89. The van der Waals surface area contributed by atoms with Crippen molar-refractivity contribution in [3.8, 4) is 22.8 Å². The Morgan fingerprint density at radius 2 is 1.79 bits per heavy atom. The number of sulfonamides is 1. The Labute approximate surface area is 194 Å². The monoisotopic (exact) mass is 488 g/mol. The fourth-order valence-corrected chi connectivity index (χ4v) is 4.93. The fraction of sp³-hybridized carbons (Fsp3) is 0.190. The lowest BCUT2D eigenvalue weighted by Crippen LogP contribution is -2.41. The van der Waals surface area contributed by atoms with Crippen LogP contribution in [0.1, 0.15) is 13.8 Å². The lowest BCUT2D eigenvalue weighted by molar-refractivity contribution is -0.117. The number of amides is 2. The summed E-state index contributed by atoms with van der Waals surface area (Å²) in [7, 11) is -3.95. The quantitative estimate of drug-likeness (QED) is 0.465. The molecule has 0 bridgehead atoms. The minimum Gasteiger partial charge on any atom is -0.454 e. The van der Waals surface area contributed by atoms with Crippen LogP contribution in [0.2, 0.25) is 0 Å². The third kappa shape index (κ3) is 5.30. The van der Waals surface area contributed by atoms with E-state index >= 15 is 0 Å². The number of thiazole rings is 1. The number of carbonyl (C=O) groups is 2. The highest BCUT2D eigenvalue weighted by atomic mass is 32.2. The number of nitrogens with zero attached hydrogens (tertiary/aromatic N) is 1. The van der Waals surface area contributed by atoms with Crippen LogP contribution in [0.5, 0.6) is 11.5 Å². The van der Waals surface area contributed by atoms with Crippen LogP contribution in [0.15, 0.2) is 52.7 Å². The maximum Gasteiger partial charge on any atom is 0.244 e. The van der Waals surface area contributed by atoms with Crippen molar-refractivity contribution in [1.29, 1.82) is 0 Å². The molecule has 3 aromatic rings. The summed E-state index contributed by atoms with van der Waals surface area (Å²) in [5, 5.41) is 7.29. The normalized spacial score (nSPS) is 13.4. The number of benzene rings is 2. The van der Waals surface area contributed by atoms with Crippen molar-refractivity contribution in [2.24, 2.45) is 0 Å². The number of nitrogens with one attached hydrogen (secondary N) is 3. The molecule has 2 heterocycles. The molecule has 0 aliphatic carbocycles. The van der Waals surface area contributed by atoms with Crippen LogP contribution in [0.25, 0.3) is 11.3 Å². The molecule has 2 aromatic carbocycles. The number of carbonyl (C=O) groups excluding carboxylic acids is 2. The molecule has 1 atom stereocenters. The molecule has 12 heteroatoms. The zero-order valence-corrected chi connectivity index (χ0v) is 19.2. The van der Waals surface area contributed by atoms with Crippen molar-refractivity contribution < 1.29 is 27.5 Å². The van der Waals surface area contributed by atoms with Gasteiger partial charge in [0.1, 0.15) is 0 Å². The van der Waals surface area contributed by atoms with E-state index in [2.05, 4.69) is 20.3 Å². The van der Waals surface area contributed by atoms with Gasteiger partial charge >= 0.3 is 0 Å². The molecule has 4 rings (SSSR count). The second-order valence-electron chi connectivity index (χ2n) is 7.14. The van der Waals surface area contributed by atoms with Crippen LogP contribution in [0.3, 0.4) is 0 Å². The SMILES string of the molecule is CC(=O)Nc1ccc(S(=O)(=O)N[C@@H](C)C(=O)Nc2nc(-c3ccc4c(c3)OCO4)cs2)cc1. The van der Waals surface area contributed by atoms with Gasteiger partial charge in [-0.3, -0.25) is 9.59 Å². The summed E-state index contributed by atoms with van der Waals surface area (Å²) in [6.07, 6.45) is 0. The van der Waals surface area contributed by atoms with Crippen LogP contribution < -0.4 is 24.8 Å². The summed E-state index contributed by atoms with van der Waals surface area (Å²) in [5.74, 6) is 0.463. The van der Waals surface area contributed by atoms with E-state index in [0.29, 0.717) is 28.0 Å². The van der Waals surface area contributed by atoms with E-state index in [0.717, 1.165) is 5.56 Å². The molecule has 0 unspecified atom stereocenters. The maximum absolute atomic E-state index is 12.6. The number of hydrogen-bond acceptors (Lipinski definition) is 8. The summed E-state index contributed by atoms with van der Waals surface area (Å²) in [5.41, 5.74) is 1.91. The Kier molecular flexibility index (Phi) is 6.31. The van der Waals surface area contributed by atoms with E-state index in [1.165, 1.54) is 49.4 Å². The highest BCUT2D eigenvalue weighted by Gasteiger charge is 2.23. The van der Waals surface area contributed by atoms with Crippen molar-refractivity contribution in [3.05, 3.63) is 47.8 Å². The zero-order chi connectivity index (χ0) is 23.6. The van der Waals surface area contributed by atoms with Crippen molar-refractivity contribution in [3.63, 3.8) is 0 Å². The van der Waals surface area contributed by atoms with Crippen molar-refractivity contribution in [1.82, 2.24) is 9.71 Å². The summed E-state index contributed by atoms with van der Waals surface area (Å²) < 4.78 is 38.2. The van der Waals surface area contributed by atoms with E-state index in [9.17, 15) is 18.0 Å². The number of anilines is 2. The standard InChI is InChI=1S/C21H20N4O6S2/c1-12(25-33(28,29)16-6-4-15(5-7-16)22-13(2)26)20(27)24-21-23-17(10-32-21)14-3-8-18-19(9-14)31-11-30-18/h3-10,12,25H,11H2,1-2H3,(H,22,26)(H,23,24,27)/t12-/m0/s1. The largest absolute Gasteiger partial charge is 0.454 e. The lowest BCUT2D eigenvalue weighted by atomic mass is 10.1. The molecule has 172 valence electrons. The van der Waals surface area contributed by atoms with Crippen LogP contribution in [0.4, 0.5) is 10.8 Å². The van der Waals surface area contributed by atoms with Gasteiger partial charge < -0.3 is 20.1 Å². The average Bonchev–Trinajstić information content (AvgIpc) is 3.42. The Balaban J connectivity index is 1.39. The van der Waals surface area contributed by atoms with Crippen molar-refractivity contribution in [2.45, 2.75) is 24.8 Å². The van der Waals surface area contributed by atoms with E-state index in [-0.39, 0.29) is 17.6 Å². The molecular formula is C21H20N4O6S2. The molecule has 2 amide bonds. The molecule has 0 radical (unpaired) electrons. The molecule has 1 aromatic heterocycles. The summed E-state index contributed by atoms with van der Waals surface area (Å²) >= 11 is 1.22. The van der Waals surface area contributed by atoms with E-state index in [1.54, 1.807) is 17.5 Å². The molecule has 0 spiro atoms. The van der Waals surface area contributed by atoms with Crippen LogP contribution >= 0.6 is 11.3 Å². The minimum atomic E-state index is -3.95. The topological polar surface area (TPSA) is 136 Å². The van der Waals surface area contributed by atoms with Crippen molar-refractivity contribution in [2.75, 3.05) is 17.4 Å². The summed E-state index contributed by atoms with van der Waals surface area (Å²) in [4.78, 5) is 28.0. The second kappa shape index (κ2) is 9.17. The zero-order valence-electron chi connectivity index (χ0n) is 17.6. The number of hydrogen-bond donors (Lipinski definition) is 3. The number of rotatable bonds is 7. The van der Waals surface area contributed by atoms with Gasteiger partial charge in [-0.15, -0.1) is 11.3 Å². The number of aromatic nitrogens is 1. The van der Waals surface area contributed by atoms with Gasteiger partial charge in [0.25, 0.3) is 0 Å². The van der Waals surface area contributed by atoms with Gasteiger partial charge in [-0.25, -0.2) is 13.4 Å².